The fraction of sp³-hybridized carbons (Fsp3) is 0.980. The van der Waals surface area contributed by atoms with Gasteiger partial charge in [-0.1, -0.05) is 83.1 Å². The van der Waals surface area contributed by atoms with Crippen molar-refractivity contribution < 1.29 is 47.5 Å². The molecular formula is C51H102N2O10Si2. The second kappa shape index (κ2) is 21.5. The lowest BCUT2D eigenvalue weighted by Gasteiger charge is -2.51. The third-order valence-electron chi connectivity index (χ3n) is 16.8. The Kier molecular flexibility index (Phi) is 19.4. The SMILES string of the molecule is CC[C@H]1OC(=O)[C@H](C)[C@@H](OC2CC(C)(C)[C@@H](O[Si](C)(C)C(C)(C)C)[C@H](C)O2)[C@H](C)[C@@H](OC2O[C@H](C)C[C@H](N(C)C)[C@H]2C)[C@](C)(O)C[C@@H](C)CN(C)[C@H](C)[C@@H](O[Si](C)(C)C(C)(C)C)[C@]1(C)O. The Bertz CT molecular complexity index is 1530. The number of aliphatic hydroxyl groups is 2. The first-order valence-electron chi connectivity index (χ1n) is 25.2. The fourth-order valence-corrected chi connectivity index (χ4v) is 13.5. The summed E-state index contributed by atoms with van der Waals surface area (Å²) in [4.78, 5) is 19.4. The molecule has 14 heteroatoms. The number of hydrogen-bond acceptors (Lipinski definition) is 12. The molecule has 0 amide bonds. The summed E-state index contributed by atoms with van der Waals surface area (Å²) in [5, 5.41) is 25.8. The van der Waals surface area contributed by atoms with Gasteiger partial charge in [-0.3, -0.25) is 4.79 Å². The molecule has 3 heterocycles. The van der Waals surface area contributed by atoms with Crippen LogP contribution in [-0.2, 0) is 37.3 Å². The van der Waals surface area contributed by atoms with Crippen molar-refractivity contribution >= 4 is 22.6 Å². The van der Waals surface area contributed by atoms with Gasteiger partial charge in [-0.25, -0.2) is 0 Å². The number of ether oxygens (including phenoxy) is 5. The molecule has 3 fully saturated rings. The van der Waals surface area contributed by atoms with Gasteiger partial charge in [-0.2, -0.15) is 0 Å². The molecule has 384 valence electrons. The largest absolute Gasteiger partial charge is 0.459 e. The van der Waals surface area contributed by atoms with Crippen molar-refractivity contribution in [1.82, 2.24) is 9.80 Å². The molecule has 0 bridgehead atoms. The van der Waals surface area contributed by atoms with Crippen LogP contribution in [0.15, 0.2) is 0 Å². The maximum Gasteiger partial charge on any atom is 0.311 e. The number of likely N-dealkylation sites (N-methyl/N-ethyl adjacent to an activating group) is 1. The Hall–Kier alpha value is -0.496. The van der Waals surface area contributed by atoms with Crippen molar-refractivity contribution in [3.63, 3.8) is 0 Å². The molecule has 0 aromatic carbocycles. The first-order chi connectivity index (χ1) is 29.2. The smallest absolute Gasteiger partial charge is 0.311 e. The Morgan fingerprint density at radius 1 is 0.785 bits per heavy atom. The zero-order valence-electron chi connectivity index (χ0n) is 46.3. The van der Waals surface area contributed by atoms with Crippen LogP contribution < -0.4 is 0 Å². The summed E-state index contributed by atoms with van der Waals surface area (Å²) in [6.07, 6.45) is -2.98. The summed E-state index contributed by atoms with van der Waals surface area (Å²) in [5.41, 5.74) is -3.30. The minimum Gasteiger partial charge on any atom is -0.459 e. The number of nitrogens with zero attached hydrogens (tertiary/aromatic N) is 2. The van der Waals surface area contributed by atoms with Crippen molar-refractivity contribution in [3.8, 4) is 0 Å². The lowest BCUT2D eigenvalue weighted by atomic mass is 9.77. The number of carbonyl (C=O) groups is 1. The van der Waals surface area contributed by atoms with Gasteiger partial charge in [0.2, 0.25) is 0 Å². The van der Waals surface area contributed by atoms with Gasteiger partial charge in [0.25, 0.3) is 0 Å². The van der Waals surface area contributed by atoms with Crippen molar-refractivity contribution in [2.45, 2.75) is 265 Å². The average molecular weight is 960 g/mol. The van der Waals surface area contributed by atoms with E-state index in [1.54, 1.807) is 6.92 Å². The van der Waals surface area contributed by atoms with Crippen molar-refractivity contribution in [3.05, 3.63) is 0 Å². The van der Waals surface area contributed by atoms with E-state index in [9.17, 15) is 15.0 Å². The van der Waals surface area contributed by atoms with E-state index in [1.165, 1.54) is 0 Å². The van der Waals surface area contributed by atoms with Gasteiger partial charge in [-0.05, 0) is 130 Å². The second-order valence-electron chi connectivity index (χ2n) is 25.7. The van der Waals surface area contributed by atoms with E-state index in [0.717, 1.165) is 6.42 Å². The van der Waals surface area contributed by atoms with Crippen LogP contribution in [0, 0.1) is 29.1 Å². The molecule has 3 saturated heterocycles. The van der Waals surface area contributed by atoms with Gasteiger partial charge in [0, 0.05) is 36.9 Å². The molecular weight excluding hydrogens is 857 g/mol. The molecule has 0 radical (unpaired) electrons. The topological polar surface area (TPSA) is 129 Å². The minimum absolute atomic E-state index is 0.0153. The molecule has 12 nitrogen and oxygen atoms in total. The van der Waals surface area contributed by atoms with E-state index in [2.05, 4.69) is 147 Å². The van der Waals surface area contributed by atoms with Crippen LogP contribution in [0.5, 0.6) is 0 Å². The van der Waals surface area contributed by atoms with Crippen LogP contribution in [0.1, 0.15) is 150 Å². The predicted molar refractivity (Wildman–Crippen MR) is 268 cm³/mol. The Morgan fingerprint density at radius 2 is 1.31 bits per heavy atom. The predicted octanol–water partition coefficient (Wildman–Crippen LogP) is 9.86. The van der Waals surface area contributed by atoms with E-state index in [1.807, 2.05) is 27.7 Å². The van der Waals surface area contributed by atoms with Crippen molar-refractivity contribution in [2.24, 2.45) is 29.1 Å². The number of carbonyl (C=O) groups excluding carboxylic acids is 1. The Morgan fingerprint density at radius 3 is 1.78 bits per heavy atom. The molecule has 2 N–H and O–H groups in total. The third-order valence-corrected chi connectivity index (χ3v) is 25.7. The number of esters is 1. The first-order valence-corrected chi connectivity index (χ1v) is 31.0. The molecule has 0 saturated carbocycles. The van der Waals surface area contributed by atoms with Gasteiger partial charge < -0.3 is 52.5 Å². The number of cyclic esters (lactones) is 1. The molecule has 3 rings (SSSR count). The van der Waals surface area contributed by atoms with Crippen molar-refractivity contribution in [2.75, 3.05) is 27.7 Å². The normalized spacial score (nSPS) is 41.7. The molecule has 3 aliphatic rings. The summed E-state index contributed by atoms with van der Waals surface area (Å²) < 4.78 is 48.6. The second-order valence-corrected chi connectivity index (χ2v) is 35.2. The minimum atomic E-state index is -2.47. The Labute approximate surface area is 400 Å². The lowest BCUT2D eigenvalue weighted by Crippen LogP contribution is -2.63. The van der Waals surface area contributed by atoms with E-state index < -0.39 is 82.6 Å². The summed E-state index contributed by atoms with van der Waals surface area (Å²) in [6, 6.07) is -0.0783. The van der Waals surface area contributed by atoms with Gasteiger partial charge in [0.15, 0.2) is 29.2 Å². The molecule has 0 aromatic rings. The highest BCUT2D eigenvalue weighted by Crippen LogP contribution is 2.47. The quantitative estimate of drug-likeness (QED) is 0.160. The van der Waals surface area contributed by atoms with Crippen LogP contribution >= 0.6 is 0 Å². The highest BCUT2D eigenvalue weighted by Gasteiger charge is 2.55. The Balaban J connectivity index is 2.24. The van der Waals surface area contributed by atoms with Crippen LogP contribution in [0.4, 0.5) is 0 Å². The van der Waals surface area contributed by atoms with E-state index in [4.69, 9.17) is 32.5 Å². The zero-order valence-corrected chi connectivity index (χ0v) is 48.3. The highest BCUT2D eigenvalue weighted by molar-refractivity contribution is 6.74. The molecule has 0 aromatic heterocycles. The van der Waals surface area contributed by atoms with Gasteiger partial charge >= 0.3 is 5.97 Å². The van der Waals surface area contributed by atoms with Crippen molar-refractivity contribution in [1.29, 1.82) is 0 Å². The van der Waals surface area contributed by atoms with Gasteiger partial charge in [0.1, 0.15) is 11.7 Å². The summed E-state index contributed by atoms with van der Waals surface area (Å²) in [6.45, 7) is 47.3. The van der Waals surface area contributed by atoms with Gasteiger partial charge in [0.05, 0.1) is 48.1 Å². The highest BCUT2D eigenvalue weighted by atomic mass is 28.4. The first kappa shape index (κ1) is 58.8. The number of hydrogen-bond donors (Lipinski definition) is 2. The van der Waals surface area contributed by atoms with Crippen LogP contribution in [0.3, 0.4) is 0 Å². The van der Waals surface area contributed by atoms with E-state index >= 15 is 0 Å². The summed E-state index contributed by atoms with van der Waals surface area (Å²) in [7, 11) is 1.60. The lowest BCUT2D eigenvalue weighted by molar-refractivity contribution is -0.303. The van der Waals surface area contributed by atoms with E-state index in [-0.39, 0.29) is 57.7 Å². The average Bonchev–Trinajstić information content (AvgIpc) is 3.13. The maximum absolute atomic E-state index is 15.0. The maximum atomic E-state index is 15.0. The standard InChI is InChI=1S/C51H102N2O10Si2/c1-26-39-51(18,56)43(62-64(22,23)47(9,10)11)36(7)53(21)30-31(2)28-50(17,55)42(61-46-33(4)38(52(19)20)27-32(3)57-46)34(5)41(35(6)45(54)59-39)60-40-29-49(15,16)44(37(8)58-40)63-65(24,25)48(12,13)14/h31-44,46,55-56H,26-30H2,1-25H3/t31-,32-,33-,34+,35-,36-,37+,38+,39-,40?,41+,42-,43-,44+,46?,50-,51-/m1/s1. The van der Waals surface area contributed by atoms with Gasteiger partial charge in [-0.15, -0.1) is 0 Å². The molecule has 17 atom stereocenters. The summed E-state index contributed by atoms with van der Waals surface area (Å²) in [5.74, 6) is -1.96. The van der Waals surface area contributed by atoms with E-state index in [0.29, 0.717) is 25.8 Å². The molecule has 65 heavy (non-hydrogen) atoms. The zero-order chi connectivity index (χ0) is 50.4. The van der Waals surface area contributed by atoms with Crippen LogP contribution in [-0.4, -0.2) is 149 Å². The molecule has 2 unspecified atom stereocenters. The van der Waals surface area contributed by atoms with Crippen LogP contribution in [0.2, 0.25) is 36.3 Å². The number of rotatable bonds is 10. The molecule has 3 aliphatic heterocycles. The molecule has 0 aliphatic carbocycles. The molecule has 0 spiro atoms. The third kappa shape index (κ3) is 13.9. The monoisotopic (exact) mass is 959 g/mol. The van der Waals surface area contributed by atoms with Crippen LogP contribution in [0.25, 0.3) is 0 Å². The summed E-state index contributed by atoms with van der Waals surface area (Å²) >= 11 is 0. The fourth-order valence-electron chi connectivity index (χ4n) is 10.5.